The lowest BCUT2D eigenvalue weighted by Gasteiger charge is -2.11. The highest BCUT2D eigenvalue weighted by molar-refractivity contribution is 5.77. The highest BCUT2D eigenvalue weighted by atomic mass is 16.5. The Kier molecular flexibility index (Phi) is 6.70. The fraction of sp³-hybridized carbons (Fsp3) is 0.533. The van der Waals surface area contributed by atoms with Crippen molar-refractivity contribution in [1.29, 1.82) is 0 Å². The molecule has 1 rings (SSSR count). The number of carbonyl (C=O) groups is 1. The molecule has 0 spiro atoms. The van der Waals surface area contributed by atoms with Crippen LogP contribution < -0.4 is 19.5 Å². The number of hydrogen-bond donors (Lipinski definition) is 1. The number of ether oxygens (including phenoxy) is 3. The molecule has 112 valence electrons. The first-order valence-electron chi connectivity index (χ1n) is 6.67. The second-order valence-electron chi connectivity index (χ2n) is 4.87. The predicted octanol–water partition coefficient (Wildman–Crippen LogP) is 2.24. The van der Waals surface area contributed by atoms with Crippen LogP contribution in [0.4, 0.5) is 0 Å². The molecular formula is C15H23NO4. The third kappa shape index (κ3) is 5.82. The van der Waals surface area contributed by atoms with E-state index in [0.717, 1.165) is 6.42 Å². The maximum Gasteiger partial charge on any atom is 0.257 e. The van der Waals surface area contributed by atoms with Crippen molar-refractivity contribution in [3.63, 3.8) is 0 Å². The van der Waals surface area contributed by atoms with Gasteiger partial charge in [0.05, 0.1) is 14.2 Å². The summed E-state index contributed by atoms with van der Waals surface area (Å²) in [6, 6.07) is 5.17. The first-order chi connectivity index (χ1) is 9.55. The quantitative estimate of drug-likeness (QED) is 0.794. The van der Waals surface area contributed by atoms with Crippen molar-refractivity contribution in [2.24, 2.45) is 5.92 Å². The molecule has 1 N–H and O–H groups in total. The zero-order valence-electron chi connectivity index (χ0n) is 12.6. The van der Waals surface area contributed by atoms with Crippen LogP contribution in [-0.2, 0) is 4.79 Å². The average Bonchev–Trinajstić information content (AvgIpc) is 2.44. The molecule has 0 unspecified atom stereocenters. The second kappa shape index (κ2) is 8.30. The Hall–Kier alpha value is -1.91. The van der Waals surface area contributed by atoms with Crippen LogP contribution in [-0.4, -0.2) is 33.3 Å². The van der Waals surface area contributed by atoms with Crippen LogP contribution in [0.1, 0.15) is 20.3 Å². The molecule has 0 saturated carbocycles. The monoisotopic (exact) mass is 281 g/mol. The number of rotatable bonds is 8. The van der Waals surface area contributed by atoms with E-state index in [1.54, 1.807) is 32.4 Å². The fourth-order valence-electron chi connectivity index (χ4n) is 1.56. The number of amides is 1. The molecule has 5 nitrogen and oxygen atoms in total. The fourth-order valence-corrected chi connectivity index (χ4v) is 1.56. The summed E-state index contributed by atoms with van der Waals surface area (Å²) in [5.41, 5.74) is 0. The summed E-state index contributed by atoms with van der Waals surface area (Å²) in [4.78, 5) is 11.6. The van der Waals surface area contributed by atoms with Crippen LogP contribution in [0.25, 0.3) is 0 Å². The molecule has 0 aliphatic rings. The minimum absolute atomic E-state index is 0.0194. The Balaban J connectivity index is 2.46. The molecule has 0 heterocycles. The Morgan fingerprint density at radius 1 is 1.10 bits per heavy atom. The molecule has 0 fully saturated rings. The van der Waals surface area contributed by atoms with Gasteiger partial charge in [-0.2, -0.15) is 0 Å². The van der Waals surface area contributed by atoms with Crippen molar-refractivity contribution in [2.45, 2.75) is 20.3 Å². The SMILES string of the molecule is COc1cc(OC)cc(OCC(=O)NCCC(C)C)c1. The van der Waals surface area contributed by atoms with Crippen molar-refractivity contribution in [3.8, 4) is 17.2 Å². The zero-order valence-corrected chi connectivity index (χ0v) is 12.6. The van der Waals surface area contributed by atoms with E-state index in [2.05, 4.69) is 19.2 Å². The summed E-state index contributed by atoms with van der Waals surface area (Å²) in [6.45, 7) is 4.88. The predicted molar refractivity (Wildman–Crippen MR) is 77.5 cm³/mol. The van der Waals surface area contributed by atoms with Gasteiger partial charge in [-0.25, -0.2) is 0 Å². The Morgan fingerprint density at radius 2 is 1.65 bits per heavy atom. The Labute approximate surface area is 120 Å². The molecule has 20 heavy (non-hydrogen) atoms. The van der Waals surface area contributed by atoms with E-state index in [-0.39, 0.29) is 12.5 Å². The highest BCUT2D eigenvalue weighted by Crippen LogP contribution is 2.27. The van der Waals surface area contributed by atoms with Crippen molar-refractivity contribution in [3.05, 3.63) is 18.2 Å². The van der Waals surface area contributed by atoms with E-state index in [9.17, 15) is 4.79 Å². The molecule has 0 aromatic heterocycles. The van der Waals surface area contributed by atoms with Crippen molar-refractivity contribution < 1.29 is 19.0 Å². The highest BCUT2D eigenvalue weighted by Gasteiger charge is 2.06. The molecule has 0 aliphatic heterocycles. The van der Waals surface area contributed by atoms with Crippen LogP contribution >= 0.6 is 0 Å². The Bertz CT molecular complexity index is 410. The van der Waals surface area contributed by atoms with E-state index in [4.69, 9.17) is 14.2 Å². The Morgan fingerprint density at radius 3 is 2.15 bits per heavy atom. The van der Waals surface area contributed by atoms with Crippen LogP contribution in [0.5, 0.6) is 17.2 Å². The first kappa shape index (κ1) is 16.1. The summed E-state index contributed by atoms with van der Waals surface area (Å²) in [7, 11) is 3.13. The zero-order chi connectivity index (χ0) is 15.0. The minimum atomic E-state index is -0.132. The van der Waals surface area contributed by atoms with Crippen LogP contribution in [0.2, 0.25) is 0 Å². The minimum Gasteiger partial charge on any atom is -0.496 e. The van der Waals surface area contributed by atoms with Crippen molar-refractivity contribution in [1.82, 2.24) is 5.32 Å². The third-order valence-corrected chi connectivity index (χ3v) is 2.74. The van der Waals surface area contributed by atoms with Gasteiger partial charge in [0.2, 0.25) is 0 Å². The smallest absolute Gasteiger partial charge is 0.257 e. The lowest BCUT2D eigenvalue weighted by molar-refractivity contribution is -0.123. The molecule has 0 bridgehead atoms. The van der Waals surface area contributed by atoms with Gasteiger partial charge < -0.3 is 19.5 Å². The van der Waals surface area contributed by atoms with E-state index < -0.39 is 0 Å². The largest absolute Gasteiger partial charge is 0.496 e. The number of benzene rings is 1. The van der Waals surface area contributed by atoms with E-state index in [1.165, 1.54) is 0 Å². The number of methoxy groups -OCH3 is 2. The normalized spacial score (nSPS) is 10.2. The average molecular weight is 281 g/mol. The van der Waals surface area contributed by atoms with Crippen LogP contribution in [0.3, 0.4) is 0 Å². The van der Waals surface area contributed by atoms with Crippen LogP contribution in [0, 0.1) is 5.92 Å². The summed E-state index contributed by atoms with van der Waals surface area (Å²) >= 11 is 0. The topological polar surface area (TPSA) is 56.8 Å². The van der Waals surface area contributed by atoms with Gasteiger partial charge in [0.15, 0.2) is 6.61 Å². The molecule has 0 saturated heterocycles. The van der Waals surface area contributed by atoms with E-state index in [0.29, 0.717) is 29.7 Å². The molecule has 1 aromatic carbocycles. The van der Waals surface area contributed by atoms with Gasteiger partial charge in [-0.1, -0.05) is 13.8 Å². The lowest BCUT2D eigenvalue weighted by Crippen LogP contribution is -2.30. The van der Waals surface area contributed by atoms with Crippen molar-refractivity contribution in [2.75, 3.05) is 27.4 Å². The molecule has 0 atom stereocenters. The molecule has 1 amide bonds. The molecule has 5 heteroatoms. The molecule has 1 aromatic rings. The van der Waals surface area contributed by atoms with Gasteiger partial charge in [0.1, 0.15) is 17.2 Å². The maximum atomic E-state index is 11.6. The van der Waals surface area contributed by atoms with Gasteiger partial charge >= 0.3 is 0 Å². The van der Waals surface area contributed by atoms with E-state index >= 15 is 0 Å². The van der Waals surface area contributed by atoms with E-state index in [1.807, 2.05) is 0 Å². The van der Waals surface area contributed by atoms with Gasteiger partial charge in [-0.05, 0) is 12.3 Å². The lowest BCUT2D eigenvalue weighted by atomic mass is 10.1. The molecular weight excluding hydrogens is 258 g/mol. The van der Waals surface area contributed by atoms with Gasteiger partial charge in [0.25, 0.3) is 5.91 Å². The molecule has 0 radical (unpaired) electrons. The standard InChI is InChI=1S/C15H23NO4/c1-11(2)5-6-16-15(17)10-20-14-8-12(18-3)7-13(9-14)19-4/h7-9,11H,5-6,10H2,1-4H3,(H,16,17). The van der Waals surface area contributed by atoms with Crippen molar-refractivity contribution >= 4 is 5.91 Å². The second-order valence-corrected chi connectivity index (χ2v) is 4.87. The summed E-state index contributed by atoms with van der Waals surface area (Å²) in [6.07, 6.45) is 0.957. The van der Waals surface area contributed by atoms with Gasteiger partial charge in [-0.15, -0.1) is 0 Å². The first-order valence-corrected chi connectivity index (χ1v) is 6.67. The summed E-state index contributed by atoms with van der Waals surface area (Å²) < 4.78 is 15.7. The number of hydrogen-bond acceptors (Lipinski definition) is 4. The number of nitrogens with one attached hydrogen (secondary N) is 1. The van der Waals surface area contributed by atoms with Gasteiger partial charge in [-0.3, -0.25) is 4.79 Å². The maximum absolute atomic E-state index is 11.6. The van der Waals surface area contributed by atoms with Crippen LogP contribution in [0.15, 0.2) is 18.2 Å². The third-order valence-electron chi connectivity index (χ3n) is 2.74. The number of carbonyl (C=O) groups excluding carboxylic acids is 1. The summed E-state index contributed by atoms with van der Waals surface area (Å²) in [5, 5.41) is 2.82. The molecule has 0 aliphatic carbocycles. The van der Waals surface area contributed by atoms with Gasteiger partial charge in [0, 0.05) is 24.7 Å². The summed E-state index contributed by atoms with van der Waals surface area (Å²) in [5.74, 6) is 2.23.